The molecule has 4 nitrogen and oxygen atoms in total. The zero-order chi connectivity index (χ0) is 14.8. The number of hydrogen-bond donors (Lipinski definition) is 2. The number of alkyl halides is 1. The molecule has 2 N–H and O–H groups in total. The Morgan fingerprint density at radius 1 is 1.40 bits per heavy atom. The van der Waals surface area contributed by atoms with Crippen LogP contribution in [0.4, 0.5) is 0 Å². The molecule has 0 saturated heterocycles. The highest BCUT2D eigenvalue weighted by Gasteiger charge is 2.09. The number of nitriles is 1. The number of nitrogens with zero attached hydrogens (tertiary/aromatic N) is 1. The fourth-order valence-corrected chi connectivity index (χ4v) is 1.74. The fourth-order valence-electron chi connectivity index (χ4n) is 1.40. The topological polar surface area (TPSA) is 64.9 Å². The van der Waals surface area contributed by atoms with Crippen LogP contribution in [0.5, 0.6) is 0 Å². The second kappa shape index (κ2) is 9.24. The average Bonchev–Trinajstić information content (AvgIpc) is 2.46. The molecule has 1 amide bonds. The van der Waals surface area contributed by atoms with Crippen LogP contribution in [-0.2, 0) is 11.3 Å². The first-order valence-electron chi connectivity index (χ1n) is 6.10. The highest BCUT2D eigenvalue weighted by Crippen LogP contribution is 2.14. The van der Waals surface area contributed by atoms with Gasteiger partial charge in [-0.3, -0.25) is 4.79 Å². The molecule has 0 heterocycles. The van der Waals surface area contributed by atoms with E-state index >= 15 is 0 Å². The van der Waals surface area contributed by atoms with Crippen molar-refractivity contribution in [1.82, 2.24) is 10.6 Å². The van der Waals surface area contributed by atoms with Crippen LogP contribution in [0, 0.1) is 11.3 Å². The van der Waals surface area contributed by atoms with Gasteiger partial charge in [0, 0.05) is 30.2 Å². The third-order valence-corrected chi connectivity index (χ3v) is 3.10. The fraction of sp³-hybridized carbons (Fsp3) is 0.286. The first-order chi connectivity index (χ1) is 9.69. The van der Waals surface area contributed by atoms with Gasteiger partial charge in [0.1, 0.15) is 11.6 Å². The lowest BCUT2D eigenvalue weighted by atomic mass is 10.2. The molecule has 1 aromatic rings. The number of rotatable bonds is 7. The van der Waals surface area contributed by atoms with Crippen molar-refractivity contribution < 1.29 is 4.79 Å². The summed E-state index contributed by atoms with van der Waals surface area (Å²) in [4.78, 5) is 11.8. The van der Waals surface area contributed by atoms with Gasteiger partial charge in [0.05, 0.1) is 0 Å². The SMILES string of the molecule is N#C/C(=C/NCCCCl)C(=O)NCc1ccccc1Cl. The second-order valence-corrected chi connectivity index (χ2v) is 4.73. The number of halogens is 2. The van der Waals surface area contributed by atoms with E-state index in [2.05, 4.69) is 10.6 Å². The quantitative estimate of drug-likeness (QED) is 0.352. The first-order valence-corrected chi connectivity index (χ1v) is 7.01. The van der Waals surface area contributed by atoms with E-state index in [1.54, 1.807) is 6.07 Å². The number of hydrogen-bond acceptors (Lipinski definition) is 3. The molecule has 0 radical (unpaired) electrons. The van der Waals surface area contributed by atoms with E-state index in [0.717, 1.165) is 12.0 Å². The molecule has 6 heteroatoms. The van der Waals surface area contributed by atoms with Gasteiger partial charge in [0.15, 0.2) is 0 Å². The van der Waals surface area contributed by atoms with Crippen LogP contribution >= 0.6 is 23.2 Å². The van der Waals surface area contributed by atoms with Crippen molar-refractivity contribution in [3.63, 3.8) is 0 Å². The van der Waals surface area contributed by atoms with Crippen LogP contribution in [-0.4, -0.2) is 18.3 Å². The molecular formula is C14H15Cl2N3O. The summed E-state index contributed by atoms with van der Waals surface area (Å²) in [6, 6.07) is 9.06. The van der Waals surface area contributed by atoms with Crippen LogP contribution in [0.25, 0.3) is 0 Å². The smallest absolute Gasteiger partial charge is 0.263 e. The maximum absolute atomic E-state index is 11.8. The van der Waals surface area contributed by atoms with E-state index in [0.29, 0.717) is 17.4 Å². The molecule has 0 aliphatic rings. The van der Waals surface area contributed by atoms with Gasteiger partial charge in [-0.1, -0.05) is 29.8 Å². The van der Waals surface area contributed by atoms with Crippen molar-refractivity contribution in [3.8, 4) is 6.07 Å². The van der Waals surface area contributed by atoms with Crippen molar-refractivity contribution >= 4 is 29.1 Å². The molecule has 0 fully saturated rings. The van der Waals surface area contributed by atoms with E-state index in [9.17, 15) is 4.79 Å². The number of carbonyl (C=O) groups excluding carboxylic acids is 1. The van der Waals surface area contributed by atoms with Gasteiger partial charge < -0.3 is 10.6 Å². The molecule has 0 saturated carbocycles. The van der Waals surface area contributed by atoms with Gasteiger partial charge in [-0.25, -0.2) is 0 Å². The molecule has 0 atom stereocenters. The summed E-state index contributed by atoms with van der Waals surface area (Å²) < 4.78 is 0. The highest BCUT2D eigenvalue weighted by atomic mass is 35.5. The molecule has 106 valence electrons. The number of nitrogens with one attached hydrogen (secondary N) is 2. The molecule has 0 bridgehead atoms. The van der Waals surface area contributed by atoms with E-state index < -0.39 is 5.91 Å². The third-order valence-electron chi connectivity index (χ3n) is 2.46. The lowest BCUT2D eigenvalue weighted by Gasteiger charge is -2.06. The van der Waals surface area contributed by atoms with E-state index in [1.807, 2.05) is 24.3 Å². The lowest BCUT2D eigenvalue weighted by Crippen LogP contribution is -2.25. The third kappa shape index (κ3) is 5.52. The molecule has 0 aromatic heterocycles. The minimum atomic E-state index is -0.439. The summed E-state index contributed by atoms with van der Waals surface area (Å²) in [5.41, 5.74) is 0.821. The van der Waals surface area contributed by atoms with Crippen LogP contribution < -0.4 is 10.6 Å². The summed E-state index contributed by atoms with van der Waals surface area (Å²) in [5.74, 6) is 0.0901. The molecule has 1 rings (SSSR count). The maximum Gasteiger partial charge on any atom is 0.263 e. The lowest BCUT2D eigenvalue weighted by molar-refractivity contribution is -0.117. The summed E-state index contributed by atoms with van der Waals surface area (Å²) in [5, 5.41) is 15.0. The Morgan fingerprint density at radius 2 is 2.15 bits per heavy atom. The van der Waals surface area contributed by atoms with Gasteiger partial charge >= 0.3 is 0 Å². The largest absolute Gasteiger partial charge is 0.390 e. The van der Waals surface area contributed by atoms with Crippen LogP contribution in [0.1, 0.15) is 12.0 Å². The van der Waals surface area contributed by atoms with Gasteiger partial charge in [-0.15, -0.1) is 11.6 Å². The Labute approximate surface area is 128 Å². The van der Waals surface area contributed by atoms with Crippen molar-refractivity contribution in [3.05, 3.63) is 46.6 Å². The number of amides is 1. The van der Waals surface area contributed by atoms with Crippen molar-refractivity contribution in [1.29, 1.82) is 5.26 Å². The molecule has 20 heavy (non-hydrogen) atoms. The summed E-state index contributed by atoms with van der Waals surface area (Å²) in [6.07, 6.45) is 2.16. The van der Waals surface area contributed by atoms with Crippen molar-refractivity contribution in [2.24, 2.45) is 0 Å². The molecule has 0 unspecified atom stereocenters. The van der Waals surface area contributed by atoms with E-state index in [-0.39, 0.29) is 12.1 Å². The molecule has 0 aliphatic heterocycles. The summed E-state index contributed by atoms with van der Waals surface area (Å²) >= 11 is 11.5. The zero-order valence-corrected chi connectivity index (χ0v) is 12.3. The van der Waals surface area contributed by atoms with E-state index in [1.165, 1.54) is 6.20 Å². The Hall–Kier alpha value is -1.70. The van der Waals surface area contributed by atoms with E-state index in [4.69, 9.17) is 28.5 Å². The minimum absolute atomic E-state index is 0.0200. The van der Waals surface area contributed by atoms with Gasteiger partial charge in [-0.2, -0.15) is 5.26 Å². The van der Waals surface area contributed by atoms with Gasteiger partial charge in [0.2, 0.25) is 0 Å². The van der Waals surface area contributed by atoms with Crippen LogP contribution in [0.2, 0.25) is 5.02 Å². The number of benzene rings is 1. The van der Waals surface area contributed by atoms with Gasteiger partial charge in [-0.05, 0) is 18.1 Å². The van der Waals surface area contributed by atoms with Crippen molar-refractivity contribution in [2.75, 3.05) is 12.4 Å². The maximum atomic E-state index is 11.8. The predicted molar refractivity (Wildman–Crippen MR) is 80.3 cm³/mol. The van der Waals surface area contributed by atoms with Crippen LogP contribution in [0.15, 0.2) is 36.0 Å². The Bertz CT molecular complexity index is 523. The monoisotopic (exact) mass is 311 g/mol. The summed E-state index contributed by atoms with van der Waals surface area (Å²) in [7, 11) is 0. The Morgan fingerprint density at radius 3 is 2.80 bits per heavy atom. The zero-order valence-electron chi connectivity index (χ0n) is 10.8. The normalized spacial score (nSPS) is 10.8. The summed E-state index contributed by atoms with van der Waals surface area (Å²) in [6.45, 7) is 0.895. The Kier molecular flexibility index (Phi) is 7.56. The average molecular weight is 312 g/mol. The first kappa shape index (κ1) is 16.4. The molecular weight excluding hydrogens is 297 g/mol. The Balaban J connectivity index is 2.52. The highest BCUT2D eigenvalue weighted by molar-refractivity contribution is 6.31. The van der Waals surface area contributed by atoms with Crippen molar-refractivity contribution in [2.45, 2.75) is 13.0 Å². The molecule has 1 aromatic carbocycles. The van der Waals surface area contributed by atoms with Gasteiger partial charge in [0.25, 0.3) is 5.91 Å². The minimum Gasteiger partial charge on any atom is -0.390 e. The second-order valence-electron chi connectivity index (χ2n) is 3.94. The van der Waals surface area contributed by atoms with Crippen LogP contribution in [0.3, 0.4) is 0 Å². The predicted octanol–water partition coefficient (Wildman–Crippen LogP) is 2.58. The molecule has 0 spiro atoms. The standard InChI is InChI=1S/C14H15Cl2N3O/c15-6-3-7-18-9-12(8-17)14(20)19-10-11-4-1-2-5-13(11)16/h1-2,4-5,9,18H,3,6-7,10H2,(H,19,20)/b12-9-. The molecule has 0 aliphatic carbocycles. The number of carbonyl (C=O) groups is 1.